The highest BCUT2D eigenvalue weighted by Gasteiger charge is 2.40. The second-order valence-corrected chi connectivity index (χ2v) is 8.14. The number of hydrogen-bond acceptors (Lipinski definition) is 3. The van der Waals surface area contributed by atoms with E-state index in [2.05, 4.69) is 72.6 Å². The lowest BCUT2D eigenvalue weighted by Gasteiger charge is -2.50. The molecule has 2 aromatic carbocycles. The Morgan fingerprint density at radius 2 is 1.54 bits per heavy atom. The molecule has 5 heteroatoms. The van der Waals surface area contributed by atoms with Crippen molar-refractivity contribution < 1.29 is 9.90 Å². The van der Waals surface area contributed by atoms with Gasteiger partial charge in [-0.05, 0) is 25.0 Å². The van der Waals surface area contributed by atoms with Crippen LogP contribution in [0.4, 0.5) is 4.79 Å². The fourth-order valence-corrected chi connectivity index (χ4v) is 4.67. The number of nitrogens with one attached hydrogen (secondary N) is 1. The Morgan fingerprint density at radius 1 is 0.964 bits per heavy atom. The van der Waals surface area contributed by atoms with Crippen LogP contribution in [-0.2, 0) is 0 Å². The molecular formula is C23H29N3O2. The van der Waals surface area contributed by atoms with Gasteiger partial charge in [-0.15, -0.1) is 0 Å². The fourth-order valence-electron chi connectivity index (χ4n) is 4.67. The van der Waals surface area contributed by atoms with E-state index in [0.29, 0.717) is 19.1 Å². The second-order valence-electron chi connectivity index (χ2n) is 8.14. The number of piperazine rings is 2. The van der Waals surface area contributed by atoms with Crippen molar-refractivity contribution in [2.45, 2.75) is 31.8 Å². The van der Waals surface area contributed by atoms with E-state index in [1.54, 1.807) is 4.90 Å². The van der Waals surface area contributed by atoms with Gasteiger partial charge in [0.2, 0.25) is 0 Å². The zero-order valence-corrected chi connectivity index (χ0v) is 16.6. The highest BCUT2D eigenvalue weighted by atomic mass is 16.4. The van der Waals surface area contributed by atoms with Crippen molar-refractivity contribution in [2.24, 2.45) is 0 Å². The molecule has 148 valence electrons. The molecule has 0 aliphatic carbocycles. The van der Waals surface area contributed by atoms with Gasteiger partial charge in [0.25, 0.3) is 0 Å². The molecule has 1 amide bonds. The summed E-state index contributed by atoms with van der Waals surface area (Å²) >= 11 is 0. The van der Waals surface area contributed by atoms with E-state index in [4.69, 9.17) is 0 Å². The van der Waals surface area contributed by atoms with Crippen LogP contribution in [0.3, 0.4) is 0 Å². The molecule has 2 N–H and O–H groups in total. The molecule has 2 atom stereocenters. The standard InChI is InChI=1S/C23H29N3O2/c1-16-3-7-18(8-4-16)22(19-9-5-17(2)6-10-19)21-14-24-13-20-15-25(23(27)28)11-12-26(20)21/h3-10,20-22,24H,11-15H2,1-2H3,(H,27,28)/t20-,21?/m1/s1. The van der Waals surface area contributed by atoms with Gasteiger partial charge in [0, 0.05) is 50.7 Å². The molecule has 2 saturated heterocycles. The van der Waals surface area contributed by atoms with E-state index in [-0.39, 0.29) is 12.0 Å². The van der Waals surface area contributed by atoms with E-state index in [9.17, 15) is 9.90 Å². The van der Waals surface area contributed by atoms with Crippen molar-refractivity contribution in [3.05, 3.63) is 70.8 Å². The van der Waals surface area contributed by atoms with Crippen LogP contribution in [0.1, 0.15) is 28.2 Å². The first-order valence-corrected chi connectivity index (χ1v) is 10.1. The van der Waals surface area contributed by atoms with Gasteiger partial charge in [0.1, 0.15) is 0 Å². The van der Waals surface area contributed by atoms with Crippen molar-refractivity contribution >= 4 is 6.09 Å². The van der Waals surface area contributed by atoms with Crippen molar-refractivity contribution in [1.82, 2.24) is 15.1 Å². The van der Waals surface area contributed by atoms with Crippen LogP contribution >= 0.6 is 0 Å². The fraction of sp³-hybridized carbons (Fsp3) is 0.435. The topological polar surface area (TPSA) is 55.8 Å². The SMILES string of the molecule is Cc1ccc(C(c2ccc(C)cc2)C2CNC[C@@H]3CN(C(=O)O)CCN23)cc1. The summed E-state index contributed by atoms with van der Waals surface area (Å²) in [6, 6.07) is 18.3. The summed E-state index contributed by atoms with van der Waals surface area (Å²) in [5, 5.41) is 13.0. The first kappa shape index (κ1) is 19.0. The smallest absolute Gasteiger partial charge is 0.407 e. The zero-order chi connectivity index (χ0) is 19.7. The Kier molecular flexibility index (Phi) is 5.38. The van der Waals surface area contributed by atoms with Crippen LogP contribution in [0.15, 0.2) is 48.5 Å². The van der Waals surface area contributed by atoms with Gasteiger partial charge in [-0.1, -0.05) is 59.7 Å². The van der Waals surface area contributed by atoms with Gasteiger partial charge < -0.3 is 15.3 Å². The minimum Gasteiger partial charge on any atom is -0.465 e. The molecular weight excluding hydrogens is 350 g/mol. The molecule has 0 spiro atoms. The minimum atomic E-state index is -0.810. The molecule has 0 aromatic heterocycles. The molecule has 4 rings (SSSR count). The molecule has 2 aliphatic rings. The third-order valence-corrected chi connectivity index (χ3v) is 6.22. The average Bonchev–Trinajstić information content (AvgIpc) is 2.70. The Bertz CT molecular complexity index is 773. The molecule has 2 aliphatic heterocycles. The summed E-state index contributed by atoms with van der Waals surface area (Å²) < 4.78 is 0. The number of fused-ring (bicyclic) bond motifs is 1. The maximum absolute atomic E-state index is 11.4. The number of hydrogen-bond donors (Lipinski definition) is 2. The second kappa shape index (κ2) is 7.94. The Morgan fingerprint density at radius 3 is 2.07 bits per heavy atom. The predicted molar refractivity (Wildman–Crippen MR) is 111 cm³/mol. The van der Waals surface area contributed by atoms with Gasteiger partial charge in [-0.25, -0.2) is 4.79 Å². The van der Waals surface area contributed by atoms with Gasteiger partial charge in [-0.3, -0.25) is 4.90 Å². The lowest BCUT2D eigenvalue weighted by Crippen LogP contribution is -2.66. The van der Waals surface area contributed by atoms with Crippen LogP contribution in [-0.4, -0.2) is 65.8 Å². The lowest BCUT2D eigenvalue weighted by atomic mass is 9.81. The van der Waals surface area contributed by atoms with E-state index >= 15 is 0 Å². The molecule has 1 unspecified atom stereocenters. The molecule has 2 fully saturated rings. The number of carbonyl (C=O) groups is 1. The summed E-state index contributed by atoms with van der Waals surface area (Å²) in [7, 11) is 0. The minimum absolute atomic E-state index is 0.224. The molecule has 0 radical (unpaired) electrons. The lowest BCUT2D eigenvalue weighted by molar-refractivity contribution is 0.0179. The first-order valence-electron chi connectivity index (χ1n) is 10.1. The summed E-state index contributed by atoms with van der Waals surface area (Å²) in [6.07, 6.45) is -0.810. The van der Waals surface area contributed by atoms with E-state index in [1.165, 1.54) is 22.3 Å². The average molecular weight is 380 g/mol. The van der Waals surface area contributed by atoms with Crippen LogP contribution in [0.5, 0.6) is 0 Å². The van der Waals surface area contributed by atoms with Crippen LogP contribution in [0.2, 0.25) is 0 Å². The normalized spacial score (nSPS) is 22.9. The van der Waals surface area contributed by atoms with Gasteiger partial charge >= 0.3 is 6.09 Å². The number of benzene rings is 2. The number of carboxylic acid groups (broad SMARTS) is 1. The molecule has 2 aromatic rings. The molecule has 5 nitrogen and oxygen atoms in total. The van der Waals surface area contributed by atoms with Crippen LogP contribution in [0.25, 0.3) is 0 Å². The van der Waals surface area contributed by atoms with Crippen molar-refractivity contribution in [1.29, 1.82) is 0 Å². The number of rotatable bonds is 3. The van der Waals surface area contributed by atoms with Crippen LogP contribution in [0, 0.1) is 13.8 Å². The summed E-state index contributed by atoms with van der Waals surface area (Å²) in [4.78, 5) is 15.5. The zero-order valence-electron chi connectivity index (χ0n) is 16.6. The first-order chi connectivity index (χ1) is 13.5. The molecule has 0 bridgehead atoms. The Labute approximate surface area is 167 Å². The maximum Gasteiger partial charge on any atom is 0.407 e. The molecule has 28 heavy (non-hydrogen) atoms. The molecule has 0 saturated carbocycles. The van der Waals surface area contributed by atoms with Crippen molar-refractivity contribution in [2.75, 3.05) is 32.7 Å². The third-order valence-electron chi connectivity index (χ3n) is 6.22. The highest BCUT2D eigenvalue weighted by Crippen LogP contribution is 2.34. The maximum atomic E-state index is 11.4. The Hall–Kier alpha value is -2.37. The van der Waals surface area contributed by atoms with Gasteiger partial charge in [0.05, 0.1) is 0 Å². The largest absolute Gasteiger partial charge is 0.465 e. The monoisotopic (exact) mass is 379 g/mol. The van der Waals surface area contributed by atoms with E-state index < -0.39 is 6.09 Å². The number of amides is 1. The summed E-state index contributed by atoms with van der Waals surface area (Å²) in [6.45, 7) is 7.94. The van der Waals surface area contributed by atoms with Crippen molar-refractivity contribution in [3.8, 4) is 0 Å². The van der Waals surface area contributed by atoms with E-state index in [1.807, 2.05) is 0 Å². The van der Waals surface area contributed by atoms with Crippen molar-refractivity contribution in [3.63, 3.8) is 0 Å². The highest BCUT2D eigenvalue weighted by molar-refractivity contribution is 5.65. The van der Waals surface area contributed by atoms with E-state index in [0.717, 1.165) is 19.6 Å². The molecule has 2 heterocycles. The summed E-state index contributed by atoms with van der Waals surface area (Å²) in [5.74, 6) is 0.257. The van der Waals surface area contributed by atoms with Crippen LogP contribution < -0.4 is 5.32 Å². The Balaban J connectivity index is 1.68. The number of nitrogens with zero attached hydrogens (tertiary/aromatic N) is 2. The summed E-state index contributed by atoms with van der Waals surface area (Å²) in [5.41, 5.74) is 5.17. The van der Waals surface area contributed by atoms with Gasteiger partial charge in [-0.2, -0.15) is 0 Å². The quantitative estimate of drug-likeness (QED) is 0.861. The predicted octanol–water partition coefficient (Wildman–Crippen LogP) is 3.07. The number of aryl methyl sites for hydroxylation is 2. The third kappa shape index (κ3) is 3.77. The van der Waals surface area contributed by atoms with Gasteiger partial charge in [0.15, 0.2) is 0 Å².